The molecule has 0 aliphatic heterocycles. The minimum absolute atomic E-state index is 0.313. The number of halogens is 3. The van der Waals surface area contributed by atoms with Crippen molar-refractivity contribution in [1.29, 1.82) is 0 Å². The summed E-state index contributed by atoms with van der Waals surface area (Å²) in [6, 6.07) is 9.75. The number of hydrogen-bond donors (Lipinski definition) is 2. The van der Waals surface area contributed by atoms with Gasteiger partial charge in [-0.2, -0.15) is 0 Å². The van der Waals surface area contributed by atoms with Gasteiger partial charge in [-0.1, -0.05) is 37.9 Å². The highest BCUT2D eigenvalue weighted by molar-refractivity contribution is 9.10. The molecular formula is C14H12Br2FNO. The van der Waals surface area contributed by atoms with Crippen LogP contribution < -0.4 is 5.73 Å². The zero-order valence-electron chi connectivity index (χ0n) is 9.91. The Morgan fingerprint density at radius 3 is 2.58 bits per heavy atom. The number of aliphatic hydroxyl groups excluding tert-OH is 1. The molecule has 0 saturated carbocycles. The predicted molar refractivity (Wildman–Crippen MR) is 81.3 cm³/mol. The second-order valence-corrected chi connectivity index (χ2v) is 6.00. The Morgan fingerprint density at radius 2 is 1.89 bits per heavy atom. The van der Waals surface area contributed by atoms with Crippen LogP contribution in [0.25, 0.3) is 0 Å². The first-order valence-corrected chi connectivity index (χ1v) is 7.23. The van der Waals surface area contributed by atoms with Gasteiger partial charge in [-0.25, -0.2) is 4.39 Å². The van der Waals surface area contributed by atoms with E-state index in [2.05, 4.69) is 31.9 Å². The molecule has 100 valence electrons. The normalized spacial score (nSPS) is 12.4. The van der Waals surface area contributed by atoms with E-state index in [1.54, 1.807) is 18.2 Å². The van der Waals surface area contributed by atoms with Crippen molar-refractivity contribution in [3.8, 4) is 0 Å². The van der Waals surface area contributed by atoms with Crippen molar-refractivity contribution in [3.05, 3.63) is 62.3 Å². The molecule has 1 atom stereocenters. The lowest BCUT2D eigenvalue weighted by atomic mass is 10.00. The number of anilines is 1. The van der Waals surface area contributed by atoms with E-state index in [-0.39, 0.29) is 5.82 Å². The fraction of sp³-hybridized carbons (Fsp3) is 0.143. The van der Waals surface area contributed by atoms with Gasteiger partial charge in [0, 0.05) is 26.6 Å². The molecular weight excluding hydrogens is 377 g/mol. The molecule has 0 spiro atoms. The average molecular weight is 389 g/mol. The maximum atomic E-state index is 13.0. The number of nitrogens with two attached hydrogens (primary N) is 1. The lowest BCUT2D eigenvalue weighted by Crippen LogP contribution is -2.06. The summed E-state index contributed by atoms with van der Waals surface area (Å²) >= 11 is 6.64. The predicted octanol–water partition coefficient (Wildman–Crippen LogP) is 4.21. The standard InChI is InChI=1S/C14H12Br2FNO/c15-9-2-4-13(18)11(6-9)14(19)5-8-1-3-10(17)7-12(8)16/h1-4,6-7,14,19H,5,18H2. The summed E-state index contributed by atoms with van der Waals surface area (Å²) < 4.78 is 14.5. The van der Waals surface area contributed by atoms with Crippen molar-refractivity contribution in [2.75, 3.05) is 5.73 Å². The number of rotatable bonds is 3. The zero-order valence-corrected chi connectivity index (χ0v) is 13.1. The second-order valence-electron chi connectivity index (χ2n) is 4.23. The van der Waals surface area contributed by atoms with Crippen molar-refractivity contribution in [3.63, 3.8) is 0 Å². The number of aliphatic hydroxyl groups is 1. The highest BCUT2D eigenvalue weighted by Crippen LogP contribution is 2.29. The van der Waals surface area contributed by atoms with Gasteiger partial charge in [-0.05, 0) is 35.9 Å². The minimum atomic E-state index is -0.737. The van der Waals surface area contributed by atoms with Crippen LogP contribution >= 0.6 is 31.9 Å². The molecule has 0 aromatic heterocycles. The van der Waals surface area contributed by atoms with E-state index in [0.717, 1.165) is 10.0 Å². The maximum absolute atomic E-state index is 13.0. The van der Waals surface area contributed by atoms with Gasteiger partial charge in [-0.15, -0.1) is 0 Å². The summed E-state index contributed by atoms with van der Waals surface area (Å²) in [7, 11) is 0. The number of hydrogen-bond acceptors (Lipinski definition) is 2. The Balaban J connectivity index is 2.25. The van der Waals surface area contributed by atoms with Gasteiger partial charge >= 0.3 is 0 Å². The molecule has 0 aliphatic carbocycles. The van der Waals surface area contributed by atoms with Crippen LogP contribution in [0.1, 0.15) is 17.2 Å². The molecule has 0 aliphatic rings. The molecule has 0 bridgehead atoms. The van der Waals surface area contributed by atoms with E-state index in [1.807, 2.05) is 6.07 Å². The van der Waals surface area contributed by atoms with Crippen LogP contribution in [0.4, 0.5) is 10.1 Å². The van der Waals surface area contributed by atoms with Crippen LogP contribution in [0.3, 0.4) is 0 Å². The molecule has 0 fully saturated rings. The van der Waals surface area contributed by atoms with Gasteiger partial charge < -0.3 is 10.8 Å². The van der Waals surface area contributed by atoms with Gasteiger partial charge in [0.15, 0.2) is 0 Å². The van der Waals surface area contributed by atoms with Crippen LogP contribution in [0.15, 0.2) is 45.3 Å². The molecule has 2 rings (SSSR count). The molecule has 1 unspecified atom stereocenters. The van der Waals surface area contributed by atoms with Gasteiger partial charge in [0.05, 0.1) is 6.10 Å². The lowest BCUT2D eigenvalue weighted by Gasteiger charge is -2.15. The lowest BCUT2D eigenvalue weighted by molar-refractivity contribution is 0.179. The van der Waals surface area contributed by atoms with Gasteiger partial charge in [0.25, 0.3) is 0 Å². The van der Waals surface area contributed by atoms with E-state index in [4.69, 9.17) is 5.73 Å². The van der Waals surface area contributed by atoms with Crippen molar-refractivity contribution in [2.24, 2.45) is 0 Å². The summed E-state index contributed by atoms with van der Waals surface area (Å²) in [4.78, 5) is 0. The fourth-order valence-electron chi connectivity index (χ4n) is 1.84. The fourth-order valence-corrected chi connectivity index (χ4v) is 2.73. The molecule has 5 heteroatoms. The zero-order chi connectivity index (χ0) is 14.0. The topological polar surface area (TPSA) is 46.2 Å². The van der Waals surface area contributed by atoms with Crippen molar-refractivity contribution in [2.45, 2.75) is 12.5 Å². The number of nitrogen functional groups attached to an aromatic ring is 1. The third-order valence-corrected chi connectivity index (χ3v) is 4.07. The van der Waals surface area contributed by atoms with Gasteiger partial charge in [0.1, 0.15) is 5.82 Å². The van der Waals surface area contributed by atoms with E-state index in [0.29, 0.717) is 22.1 Å². The largest absolute Gasteiger partial charge is 0.398 e. The van der Waals surface area contributed by atoms with E-state index in [1.165, 1.54) is 12.1 Å². The summed E-state index contributed by atoms with van der Waals surface area (Å²) in [6.07, 6.45) is -0.374. The Labute approximate surface area is 127 Å². The molecule has 19 heavy (non-hydrogen) atoms. The maximum Gasteiger partial charge on any atom is 0.124 e. The highest BCUT2D eigenvalue weighted by Gasteiger charge is 2.14. The molecule has 0 radical (unpaired) electrons. The summed E-state index contributed by atoms with van der Waals surface area (Å²) in [5.41, 5.74) is 7.87. The molecule has 0 amide bonds. The molecule has 2 aromatic rings. The second kappa shape index (κ2) is 6.03. The summed E-state index contributed by atoms with van der Waals surface area (Å²) in [5, 5.41) is 10.3. The van der Waals surface area contributed by atoms with Crippen LogP contribution in [0, 0.1) is 5.82 Å². The quantitative estimate of drug-likeness (QED) is 0.773. The Kier molecular flexibility index (Phi) is 4.60. The van der Waals surface area contributed by atoms with Crippen LogP contribution in [0.2, 0.25) is 0 Å². The molecule has 0 heterocycles. The minimum Gasteiger partial charge on any atom is -0.398 e. The van der Waals surface area contributed by atoms with E-state index < -0.39 is 6.10 Å². The molecule has 2 nitrogen and oxygen atoms in total. The Bertz CT molecular complexity index is 604. The van der Waals surface area contributed by atoms with Crippen LogP contribution in [-0.2, 0) is 6.42 Å². The van der Waals surface area contributed by atoms with Gasteiger partial charge in [0.2, 0.25) is 0 Å². The van der Waals surface area contributed by atoms with Crippen molar-refractivity contribution in [1.82, 2.24) is 0 Å². The smallest absolute Gasteiger partial charge is 0.124 e. The molecule has 0 saturated heterocycles. The summed E-state index contributed by atoms with van der Waals surface area (Å²) in [6.45, 7) is 0. The SMILES string of the molecule is Nc1ccc(Br)cc1C(O)Cc1ccc(F)cc1Br. The third-order valence-electron chi connectivity index (χ3n) is 2.84. The van der Waals surface area contributed by atoms with Crippen molar-refractivity contribution < 1.29 is 9.50 Å². The van der Waals surface area contributed by atoms with E-state index in [9.17, 15) is 9.50 Å². The third kappa shape index (κ3) is 3.55. The highest BCUT2D eigenvalue weighted by atomic mass is 79.9. The number of benzene rings is 2. The summed E-state index contributed by atoms with van der Waals surface area (Å²) in [5.74, 6) is -0.313. The Hall–Kier alpha value is -0.910. The first-order chi connectivity index (χ1) is 8.97. The van der Waals surface area contributed by atoms with Gasteiger partial charge in [-0.3, -0.25) is 0 Å². The monoisotopic (exact) mass is 387 g/mol. The first-order valence-electron chi connectivity index (χ1n) is 5.64. The Morgan fingerprint density at radius 1 is 1.16 bits per heavy atom. The molecule has 3 N–H and O–H groups in total. The van der Waals surface area contributed by atoms with Crippen molar-refractivity contribution >= 4 is 37.5 Å². The van der Waals surface area contributed by atoms with Crippen LogP contribution in [0.5, 0.6) is 0 Å². The van der Waals surface area contributed by atoms with Crippen LogP contribution in [-0.4, -0.2) is 5.11 Å². The molecule has 2 aromatic carbocycles. The van der Waals surface area contributed by atoms with E-state index >= 15 is 0 Å². The first kappa shape index (κ1) is 14.5. The average Bonchev–Trinajstić information content (AvgIpc) is 2.35.